The number of unbranched alkanes of at least 4 members (excludes halogenated alkanes) is 1. The second kappa shape index (κ2) is 6.46. The highest BCUT2D eigenvalue weighted by Gasteiger charge is 2.42. The molecule has 2 heterocycles. The second-order valence-corrected chi connectivity index (χ2v) is 5.95. The molecular weight excluding hydrogens is 280 g/mol. The molecule has 2 amide bonds. The summed E-state index contributed by atoms with van der Waals surface area (Å²) in [6.45, 7) is 4.42. The molecule has 0 spiro atoms. The Bertz CT molecular complexity index is 547. The van der Waals surface area contributed by atoms with Crippen molar-refractivity contribution < 1.29 is 14.3 Å². The summed E-state index contributed by atoms with van der Waals surface area (Å²) in [6.07, 6.45) is 3.15. The monoisotopic (exact) mass is 304 g/mol. The molecule has 2 fully saturated rings. The van der Waals surface area contributed by atoms with Crippen LogP contribution in [0.4, 0.5) is 4.79 Å². The number of rotatable bonds is 6. The van der Waals surface area contributed by atoms with Crippen LogP contribution in [0.5, 0.6) is 11.5 Å². The lowest BCUT2D eigenvalue weighted by Gasteiger charge is -2.20. The van der Waals surface area contributed by atoms with Crippen LogP contribution in [-0.2, 0) is 0 Å². The minimum absolute atomic E-state index is 0.0698. The summed E-state index contributed by atoms with van der Waals surface area (Å²) in [6, 6.07) is 6.50. The van der Waals surface area contributed by atoms with E-state index in [0.29, 0.717) is 12.5 Å². The first kappa shape index (κ1) is 15.0. The Balaban J connectivity index is 1.79. The number of nitrogens with zero attached hydrogens (tertiary/aromatic N) is 1. The van der Waals surface area contributed by atoms with Crippen LogP contribution >= 0.6 is 0 Å². The first-order valence-corrected chi connectivity index (χ1v) is 8.09. The highest BCUT2D eigenvalue weighted by molar-refractivity contribution is 5.77. The minimum Gasteiger partial charge on any atom is -0.493 e. The highest BCUT2D eigenvalue weighted by atomic mass is 16.5. The zero-order valence-electron chi connectivity index (χ0n) is 13.3. The van der Waals surface area contributed by atoms with Crippen molar-refractivity contribution in [3.8, 4) is 11.5 Å². The van der Waals surface area contributed by atoms with Crippen molar-refractivity contribution in [2.75, 3.05) is 26.8 Å². The lowest BCUT2D eigenvalue weighted by molar-refractivity contribution is 0.215. The molecule has 0 bridgehead atoms. The molecule has 2 aliphatic heterocycles. The smallest absolute Gasteiger partial charge is 0.317 e. The maximum atomic E-state index is 11.7. The molecule has 0 saturated carbocycles. The predicted octanol–water partition coefficient (Wildman–Crippen LogP) is 2.76. The van der Waals surface area contributed by atoms with Gasteiger partial charge in [-0.2, -0.15) is 0 Å². The van der Waals surface area contributed by atoms with Gasteiger partial charge in [0.05, 0.1) is 19.8 Å². The number of nitrogens with one attached hydrogen (secondary N) is 1. The SMILES string of the molecule is CCCCOc1cc(C2CCN3C(=O)NC[C@H]23)ccc1OC. The van der Waals surface area contributed by atoms with Crippen LogP contribution < -0.4 is 14.8 Å². The quantitative estimate of drug-likeness (QED) is 0.822. The summed E-state index contributed by atoms with van der Waals surface area (Å²) < 4.78 is 11.3. The highest BCUT2D eigenvalue weighted by Crippen LogP contribution is 2.39. The Morgan fingerprint density at radius 1 is 1.36 bits per heavy atom. The van der Waals surface area contributed by atoms with Crippen LogP contribution in [0.2, 0.25) is 0 Å². The van der Waals surface area contributed by atoms with Crippen molar-refractivity contribution in [1.29, 1.82) is 0 Å². The Labute approximate surface area is 131 Å². The van der Waals surface area contributed by atoms with E-state index in [1.165, 1.54) is 5.56 Å². The first-order chi connectivity index (χ1) is 10.7. The number of amides is 2. The van der Waals surface area contributed by atoms with E-state index in [2.05, 4.69) is 24.4 Å². The minimum atomic E-state index is 0.0698. The van der Waals surface area contributed by atoms with Gasteiger partial charge in [-0.3, -0.25) is 0 Å². The fourth-order valence-corrected chi connectivity index (χ4v) is 3.40. The van der Waals surface area contributed by atoms with Gasteiger partial charge >= 0.3 is 6.03 Å². The maximum Gasteiger partial charge on any atom is 0.317 e. The Morgan fingerprint density at radius 3 is 3.00 bits per heavy atom. The van der Waals surface area contributed by atoms with Gasteiger partial charge in [0.15, 0.2) is 11.5 Å². The molecule has 0 aromatic heterocycles. The van der Waals surface area contributed by atoms with Gasteiger partial charge in [-0.05, 0) is 30.5 Å². The van der Waals surface area contributed by atoms with Crippen LogP contribution in [0, 0.1) is 0 Å². The number of urea groups is 1. The van der Waals surface area contributed by atoms with Gasteiger partial charge in [0.25, 0.3) is 0 Å². The molecule has 2 aliphatic rings. The average molecular weight is 304 g/mol. The van der Waals surface area contributed by atoms with E-state index in [-0.39, 0.29) is 12.1 Å². The van der Waals surface area contributed by atoms with Gasteiger partial charge in [-0.25, -0.2) is 4.79 Å². The van der Waals surface area contributed by atoms with Crippen LogP contribution in [-0.4, -0.2) is 43.8 Å². The van der Waals surface area contributed by atoms with E-state index in [4.69, 9.17) is 9.47 Å². The summed E-state index contributed by atoms with van der Waals surface area (Å²) in [5.74, 6) is 1.96. The molecule has 1 N–H and O–H groups in total. The summed E-state index contributed by atoms with van der Waals surface area (Å²) in [4.78, 5) is 13.7. The van der Waals surface area contributed by atoms with Crippen molar-refractivity contribution in [3.63, 3.8) is 0 Å². The fraction of sp³-hybridized carbons (Fsp3) is 0.588. The lowest BCUT2D eigenvalue weighted by atomic mass is 9.91. The zero-order chi connectivity index (χ0) is 15.5. The zero-order valence-corrected chi connectivity index (χ0v) is 13.3. The standard InChI is InChI=1S/C17H24N2O3/c1-3-4-9-22-16-10-12(5-6-15(16)21-2)13-7-8-19-14(13)11-18-17(19)20/h5-6,10,13-14H,3-4,7-9,11H2,1-2H3,(H,18,20)/t13?,14-/m1/s1. The third-order valence-electron chi connectivity index (χ3n) is 4.64. The van der Waals surface area contributed by atoms with E-state index < -0.39 is 0 Å². The van der Waals surface area contributed by atoms with Crippen LogP contribution in [0.1, 0.15) is 37.7 Å². The Hall–Kier alpha value is -1.91. The van der Waals surface area contributed by atoms with Crippen LogP contribution in [0.25, 0.3) is 0 Å². The molecule has 3 rings (SSSR count). The molecule has 2 atom stereocenters. The summed E-state index contributed by atoms with van der Waals surface area (Å²) in [5, 5.41) is 2.93. The van der Waals surface area contributed by atoms with Crippen LogP contribution in [0.3, 0.4) is 0 Å². The lowest BCUT2D eigenvalue weighted by Crippen LogP contribution is -2.30. The fourth-order valence-electron chi connectivity index (χ4n) is 3.40. The van der Waals surface area contributed by atoms with Crippen molar-refractivity contribution in [2.24, 2.45) is 0 Å². The number of carbonyl (C=O) groups is 1. The van der Waals surface area contributed by atoms with Gasteiger partial charge in [0.2, 0.25) is 0 Å². The molecule has 22 heavy (non-hydrogen) atoms. The average Bonchev–Trinajstić information content (AvgIpc) is 3.11. The summed E-state index contributed by atoms with van der Waals surface area (Å²) in [5.41, 5.74) is 1.23. The summed E-state index contributed by atoms with van der Waals surface area (Å²) >= 11 is 0. The second-order valence-electron chi connectivity index (χ2n) is 5.95. The number of hydrogen-bond donors (Lipinski definition) is 1. The van der Waals surface area contributed by atoms with E-state index in [1.807, 2.05) is 11.0 Å². The molecule has 0 radical (unpaired) electrons. The largest absolute Gasteiger partial charge is 0.493 e. The molecule has 1 unspecified atom stereocenters. The van der Waals surface area contributed by atoms with E-state index in [0.717, 1.165) is 43.9 Å². The third kappa shape index (κ3) is 2.72. The molecule has 5 nitrogen and oxygen atoms in total. The van der Waals surface area contributed by atoms with Gasteiger partial charge in [0, 0.05) is 19.0 Å². The van der Waals surface area contributed by atoms with E-state index in [1.54, 1.807) is 7.11 Å². The molecule has 0 aliphatic carbocycles. The van der Waals surface area contributed by atoms with Gasteiger partial charge in [0.1, 0.15) is 0 Å². The Kier molecular flexibility index (Phi) is 4.41. The predicted molar refractivity (Wildman–Crippen MR) is 84.6 cm³/mol. The molecule has 1 aromatic carbocycles. The first-order valence-electron chi connectivity index (χ1n) is 8.09. The van der Waals surface area contributed by atoms with Crippen molar-refractivity contribution in [2.45, 2.75) is 38.1 Å². The van der Waals surface area contributed by atoms with Gasteiger partial charge < -0.3 is 19.7 Å². The summed E-state index contributed by atoms with van der Waals surface area (Å²) in [7, 11) is 1.67. The third-order valence-corrected chi connectivity index (χ3v) is 4.64. The number of hydrogen-bond acceptors (Lipinski definition) is 3. The number of fused-ring (bicyclic) bond motifs is 1. The van der Waals surface area contributed by atoms with Gasteiger partial charge in [-0.15, -0.1) is 0 Å². The number of benzene rings is 1. The van der Waals surface area contributed by atoms with Gasteiger partial charge in [-0.1, -0.05) is 19.4 Å². The van der Waals surface area contributed by atoms with Crippen molar-refractivity contribution in [1.82, 2.24) is 10.2 Å². The van der Waals surface area contributed by atoms with Crippen LogP contribution in [0.15, 0.2) is 18.2 Å². The Morgan fingerprint density at radius 2 is 2.23 bits per heavy atom. The molecule has 5 heteroatoms. The molecular formula is C17H24N2O3. The van der Waals surface area contributed by atoms with E-state index >= 15 is 0 Å². The van der Waals surface area contributed by atoms with Crippen molar-refractivity contribution >= 4 is 6.03 Å². The molecule has 120 valence electrons. The number of ether oxygens (including phenoxy) is 2. The number of methoxy groups -OCH3 is 1. The normalized spacial score (nSPS) is 23.4. The van der Waals surface area contributed by atoms with Crippen molar-refractivity contribution in [3.05, 3.63) is 23.8 Å². The molecule has 2 saturated heterocycles. The topological polar surface area (TPSA) is 50.8 Å². The molecule has 1 aromatic rings. The van der Waals surface area contributed by atoms with E-state index in [9.17, 15) is 4.79 Å². The number of carbonyl (C=O) groups excluding carboxylic acids is 1. The maximum absolute atomic E-state index is 11.7.